The van der Waals surface area contributed by atoms with Crippen LogP contribution in [0.3, 0.4) is 0 Å². The summed E-state index contributed by atoms with van der Waals surface area (Å²) in [5, 5.41) is 0. The van der Waals surface area contributed by atoms with Gasteiger partial charge in [0.25, 0.3) is 0 Å². The molecular formula is C10H11ClMg. The van der Waals surface area contributed by atoms with Crippen molar-refractivity contribution in [3.8, 4) is 0 Å². The molecule has 12 heavy (non-hydrogen) atoms. The molecule has 0 aromatic heterocycles. The minimum Gasteiger partial charge on any atom is -1.00 e. The van der Waals surface area contributed by atoms with Crippen molar-refractivity contribution in [3.63, 3.8) is 0 Å². The van der Waals surface area contributed by atoms with Gasteiger partial charge < -0.3 is 19.3 Å². The summed E-state index contributed by atoms with van der Waals surface area (Å²) in [5.41, 5.74) is 2.43. The largest absolute Gasteiger partial charge is 2.00 e. The van der Waals surface area contributed by atoms with E-state index in [2.05, 4.69) is 25.6 Å². The molecule has 60 valence electrons. The fraction of sp³-hybridized carbons (Fsp3) is 0.100. The zero-order chi connectivity index (χ0) is 7.40. The van der Waals surface area contributed by atoms with Crippen LogP contribution in [-0.4, -0.2) is 23.1 Å². The van der Waals surface area contributed by atoms with Gasteiger partial charge in [0.1, 0.15) is 0 Å². The Morgan fingerprint density at radius 3 is 2.08 bits per heavy atom. The number of hydrogen-bond donors (Lipinski definition) is 0. The first-order valence-electron chi connectivity index (χ1n) is 3.37. The summed E-state index contributed by atoms with van der Waals surface area (Å²) in [5.74, 6) is 0. The molecule has 0 saturated heterocycles. The van der Waals surface area contributed by atoms with Gasteiger partial charge in [-0.2, -0.15) is 6.42 Å². The topological polar surface area (TPSA) is 0 Å². The van der Waals surface area contributed by atoms with E-state index < -0.39 is 0 Å². The molecule has 0 fully saturated rings. The molecule has 0 aliphatic rings. The SMILES string of the molecule is C=Cc1ccc(C[CH2-])cc1.[Cl-].[Mg+2]. The summed E-state index contributed by atoms with van der Waals surface area (Å²) in [6.07, 6.45) is 2.70. The van der Waals surface area contributed by atoms with Crippen molar-refractivity contribution in [2.75, 3.05) is 0 Å². The minimum absolute atomic E-state index is 0. The van der Waals surface area contributed by atoms with Crippen LogP contribution in [-0.2, 0) is 6.42 Å². The third-order valence-corrected chi connectivity index (χ3v) is 1.50. The Hall–Kier alpha value is 0.0162. The molecule has 0 saturated carbocycles. The van der Waals surface area contributed by atoms with Crippen molar-refractivity contribution in [3.05, 3.63) is 48.9 Å². The monoisotopic (exact) mass is 190 g/mol. The molecule has 0 radical (unpaired) electrons. The maximum Gasteiger partial charge on any atom is 2.00 e. The number of rotatable bonds is 2. The molecule has 2 heteroatoms. The molecule has 1 aromatic carbocycles. The van der Waals surface area contributed by atoms with Crippen LogP contribution >= 0.6 is 0 Å². The van der Waals surface area contributed by atoms with Crippen LogP contribution in [0.1, 0.15) is 11.1 Å². The van der Waals surface area contributed by atoms with Gasteiger partial charge in [-0.3, -0.25) is 0 Å². The van der Waals surface area contributed by atoms with Gasteiger partial charge in [-0.1, -0.05) is 42.5 Å². The fourth-order valence-electron chi connectivity index (χ4n) is 0.820. The molecule has 0 N–H and O–H groups in total. The number of halogens is 1. The molecule has 0 aliphatic carbocycles. The first-order valence-corrected chi connectivity index (χ1v) is 3.37. The Morgan fingerprint density at radius 2 is 1.75 bits per heavy atom. The van der Waals surface area contributed by atoms with E-state index in [-0.39, 0.29) is 35.5 Å². The van der Waals surface area contributed by atoms with E-state index in [1.807, 2.05) is 18.2 Å². The summed E-state index contributed by atoms with van der Waals surface area (Å²) in [7, 11) is 0. The summed E-state index contributed by atoms with van der Waals surface area (Å²) >= 11 is 0. The van der Waals surface area contributed by atoms with E-state index in [1.54, 1.807) is 0 Å². The molecule has 0 atom stereocenters. The standard InChI is InChI=1S/C10H11.ClH.Mg/c1-3-9-5-7-10(4-2)8-6-9;;/h3,5-8H,1-2,4H2;1H;/q-1;;+2/p-1. The normalized spacial score (nSPS) is 7.75. The molecule has 1 rings (SSSR count). The average molecular weight is 191 g/mol. The minimum atomic E-state index is 0. The van der Waals surface area contributed by atoms with Crippen LogP contribution in [0, 0.1) is 6.92 Å². The van der Waals surface area contributed by atoms with Gasteiger partial charge in [0.05, 0.1) is 0 Å². The Bertz CT molecular complexity index is 216. The summed E-state index contributed by atoms with van der Waals surface area (Å²) < 4.78 is 0. The number of benzene rings is 1. The van der Waals surface area contributed by atoms with Crippen molar-refractivity contribution in [1.29, 1.82) is 0 Å². The smallest absolute Gasteiger partial charge is 1.00 e. The van der Waals surface area contributed by atoms with E-state index in [0.29, 0.717) is 0 Å². The molecule has 0 amide bonds. The van der Waals surface area contributed by atoms with Gasteiger partial charge in [-0.05, 0) is 5.56 Å². The summed E-state index contributed by atoms with van der Waals surface area (Å²) in [6.45, 7) is 7.46. The average Bonchev–Trinajstić information content (AvgIpc) is 2.05. The van der Waals surface area contributed by atoms with Crippen LogP contribution in [0.25, 0.3) is 6.08 Å². The van der Waals surface area contributed by atoms with Gasteiger partial charge in [-0.25, -0.2) is 0 Å². The number of hydrogen-bond acceptors (Lipinski definition) is 0. The predicted molar refractivity (Wildman–Crippen MR) is 51.3 cm³/mol. The van der Waals surface area contributed by atoms with Crippen molar-refractivity contribution in [2.45, 2.75) is 6.42 Å². The van der Waals surface area contributed by atoms with Crippen molar-refractivity contribution < 1.29 is 12.4 Å². The van der Waals surface area contributed by atoms with Crippen LogP contribution in [0.15, 0.2) is 30.8 Å². The molecule has 0 aliphatic heterocycles. The fourth-order valence-corrected chi connectivity index (χ4v) is 0.820. The molecule has 0 spiro atoms. The molecule has 0 unspecified atom stereocenters. The van der Waals surface area contributed by atoms with Gasteiger partial charge in [-0.15, -0.1) is 0 Å². The van der Waals surface area contributed by atoms with E-state index >= 15 is 0 Å². The van der Waals surface area contributed by atoms with Crippen molar-refractivity contribution >= 4 is 29.1 Å². The van der Waals surface area contributed by atoms with Gasteiger partial charge in [0.15, 0.2) is 0 Å². The second kappa shape index (κ2) is 7.65. The second-order valence-corrected chi connectivity index (χ2v) is 2.20. The third-order valence-electron chi connectivity index (χ3n) is 1.50. The molecular weight excluding hydrogens is 180 g/mol. The molecule has 0 nitrogen and oxygen atoms in total. The molecule has 0 heterocycles. The first kappa shape index (κ1) is 14.5. The summed E-state index contributed by atoms with van der Waals surface area (Å²) in [6, 6.07) is 8.25. The summed E-state index contributed by atoms with van der Waals surface area (Å²) in [4.78, 5) is 0. The van der Waals surface area contributed by atoms with Gasteiger partial charge >= 0.3 is 23.1 Å². The maximum absolute atomic E-state index is 3.79. The van der Waals surface area contributed by atoms with Crippen LogP contribution in [0.2, 0.25) is 0 Å². The quantitative estimate of drug-likeness (QED) is 0.429. The van der Waals surface area contributed by atoms with Gasteiger partial charge in [0, 0.05) is 0 Å². The van der Waals surface area contributed by atoms with E-state index in [9.17, 15) is 0 Å². The Labute approximate surface area is 96.6 Å². The van der Waals surface area contributed by atoms with E-state index in [4.69, 9.17) is 0 Å². The van der Waals surface area contributed by atoms with Gasteiger partial charge in [0.2, 0.25) is 0 Å². The van der Waals surface area contributed by atoms with E-state index in [1.165, 1.54) is 5.56 Å². The van der Waals surface area contributed by atoms with Crippen LogP contribution < -0.4 is 12.4 Å². The zero-order valence-corrected chi connectivity index (χ0v) is 9.26. The Kier molecular flexibility index (Phi) is 9.27. The third kappa shape index (κ3) is 4.14. The maximum atomic E-state index is 3.79. The molecule has 0 bridgehead atoms. The van der Waals surface area contributed by atoms with Crippen molar-refractivity contribution in [1.82, 2.24) is 0 Å². The van der Waals surface area contributed by atoms with Crippen LogP contribution in [0.4, 0.5) is 0 Å². The molecule has 1 aromatic rings. The van der Waals surface area contributed by atoms with Crippen LogP contribution in [0.5, 0.6) is 0 Å². The van der Waals surface area contributed by atoms with Crippen molar-refractivity contribution in [2.24, 2.45) is 0 Å². The zero-order valence-electron chi connectivity index (χ0n) is 7.09. The predicted octanol–water partition coefficient (Wildman–Crippen LogP) is -0.671. The second-order valence-electron chi connectivity index (χ2n) is 2.20. The Balaban J connectivity index is 0. The first-order chi connectivity index (χ1) is 4.86. The Morgan fingerprint density at radius 1 is 1.25 bits per heavy atom. The van der Waals surface area contributed by atoms with E-state index in [0.717, 1.165) is 12.0 Å².